The Bertz CT molecular complexity index is 539. The van der Waals surface area contributed by atoms with Gasteiger partial charge in [-0.05, 0) is 17.7 Å². The number of aliphatic hydroxyl groups is 1. The lowest BCUT2D eigenvalue weighted by Crippen LogP contribution is -2.07. The minimum Gasteiger partial charge on any atom is -0.380 e. The van der Waals surface area contributed by atoms with Crippen LogP contribution in [0.4, 0.5) is 0 Å². The molecule has 3 nitrogen and oxygen atoms in total. The van der Waals surface area contributed by atoms with Gasteiger partial charge in [-0.1, -0.05) is 51.3 Å². The highest BCUT2D eigenvalue weighted by atomic mass is 79.9. The normalized spacial score (nSPS) is 12.8. The Labute approximate surface area is 117 Å². The Balaban J connectivity index is 2.40. The Hall–Kier alpha value is -0.550. The predicted octanol–water partition coefficient (Wildman–Crippen LogP) is 3.57. The van der Waals surface area contributed by atoms with Crippen molar-refractivity contribution in [1.29, 1.82) is 0 Å². The van der Waals surface area contributed by atoms with Gasteiger partial charge >= 0.3 is 0 Å². The van der Waals surface area contributed by atoms with E-state index in [1.165, 1.54) is 0 Å². The maximum Gasteiger partial charge on any atom is 0.166 e. The van der Waals surface area contributed by atoms with Crippen molar-refractivity contribution in [3.8, 4) is 0 Å². The summed E-state index contributed by atoms with van der Waals surface area (Å²) in [7, 11) is 1.71. The zero-order valence-corrected chi connectivity index (χ0v) is 12.0. The van der Waals surface area contributed by atoms with Gasteiger partial charge in [0.25, 0.3) is 0 Å². The Morgan fingerprint density at radius 3 is 2.35 bits per heavy atom. The van der Waals surface area contributed by atoms with Gasteiger partial charge in [0.2, 0.25) is 0 Å². The van der Waals surface area contributed by atoms with Crippen LogP contribution in [-0.2, 0) is 7.05 Å². The first-order chi connectivity index (χ1) is 8.00. The summed E-state index contributed by atoms with van der Waals surface area (Å²) in [4.78, 5) is 4.04. The van der Waals surface area contributed by atoms with Gasteiger partial charge in [0.1, 0.15) is 17.1 Å². The van der Waals surface area contributed by atoms with E-state index in [1.54, 1.807) is 11.6 Å². The van der Waals surface area contributed by atoms with Crippen molar-refractivity contribution in [3.05, 3.63) is 50.4 Å². The van der Waals surface area contributed by atoms with E-state index in [9.17, 15) is 5.11 Å². The summed E-state index contributed by atoms with van der Waals surface area (Å²) in [5, 5.41) is 10.7. The predicted molar refractivity (Wildman–Crippen MR) is 71.4 cm³/mol. The molecular formula is C11H9BrCl2N2O. The third-order valence-corrected chi connectivity index (χ3v) is 3.77. The van der Waals surface area contributed by atoms with Crippen molar-refractivity contribution in [2.75, 3.05) is 0 Å². The van der Waals surface area contributed by atoms with Crippen LogP contribution in [0.1, 0.15) is 17.5 Å². The molecule has 1 N–H and O–H groups in total. The van der Waals surface area contributed by atoms with Crippen LogP contribution in [0.5, 0.6) is 0 Å². The molecular weight excluding hydrogens is 327 g/mol. The summed E-state index contributed by atoms with van der Waals surface area (Å²) in [5.41, 5.74) is 0.731. The molecule has 2 rings (SSSR count). The first kappa shape index (κ1) is 12.9. The summed E-state index contributed by atoms with van der Waals surface area (Å²) in [5.74, 6) is 0.419. The van der Waals surface area contributed by atoms with E-state index >= 15 is 0 Å². The second kappa shape index (κ2) is 4.98. The van der Waals surface area contributed by atoms with Crippen molar-refractivity contribution >= 4 is 39.1 Å². The summed E-state index contributed by atoms with van der Waals surface area (Å²) < 4.78 is 2.51. The highest BCUT2D eigenvalue weighted by Crippen LogP contribution is 2.28. The fourth-order valence-corrected chi connectivity index (χ4v) is 2.11. The Morgan fingerprint density at radius 2 is 1.88 bits per heavy atom. The van der Waals surface area contributed by atoms with Gasteiger partial charge in [0.15, 0.2) is 5.15 Å². The van der Waals surface area contributed by atoms with Gasteiger partial charge in [-0.2, -0.15) is 0 Å². The van der Waals surface area contributed by atoms with Crippen LogP contribution in [0, 0.1) is 0 Å². The molecule has 17 heavy (non-hydrogen) atoms. The van der Waals surface area contributed by atoms with Crippen LogP contribution in [0.25, 0.3) is 0 Å². The van der Waals surface area contributed by atoms with Crippen molar-refractivity contribution in [2.45, 2.75) is 6.10 Å². The van der Waals surface area contributed by atoms with Crippen molar-refractivity contribution in [3.63, 3.8) is 0 Å². The number of nitrogens with zero attached hydrogens (tertiary/aromatic N) is 2. The fraction of sp³-hybridized carbons (Fsp3) is 0.182. The summed E-state index contributed by atoms with van der Waals surface area (Å²) in [6.45, 7) is 0. The third kappa shape index (κ3) is 2.50. The molecule has 6 heteroatoms. The number of hydrogen-bond acceptors (Lipinski definition) is 2. The molecule has 0 bridgehead atoms. The molecule has 0 saturated carbocycles. The smallest absolute Gasteiger partial charge is 0.166 e. The van der Waals surface area contributed by atoms with Gasteiger partial charge in [-0.3, -0.25) is 0 Å². The van der Waals surface area contributed by atoms with Crippen molar-refractivity contribution in [1.82, 2.24) is 9.55 Å². The van der Waals surface area contributed by atoms with Crippen molar-refractivity contribution < 1.29 is 5.11 Å². The van der Waals surface area contributed by atoms with Crippen molar-refractivity contribution in [2.24, 2.45) is 7.05 Å². The standard InChI is InChI=1S/C11H9BrCl2N2O/c1-16-10(14)9(13)15-11(16)8(17)6-2-4-7(12)5-3-6/h2-5,8,17H,1H3/t8-/m0/s1. The topological polar surface area (TPSA) is 38.0 Å². The molecule has 0 unspecified atom stereocenters. The first-order valence-electron chi connectivity index (χ1n) is 4.82. The average molecular weight is 336 g/mol. The molecule has 0 aliphatic carbocycles. The minimum atomic E-state index is -0.849. The zero-order valence-electron chi connectivity index (χ0n) is 8.86. The lowest BCUT2D eigenvalue weighted by atomic mass is 10.1. The molecule has 1 aromatic heterocycles. The van der Waals surface area contributed by atoms with Gasteiger partial charge in [0, 0.05) is 11.5 Å². The number of benzene rings is 1. The fourth-order valence-electron chi connectivity index (χ4n) is 1.50. The molecule has 1 aromatic carbocycles. The van der Waals surface area contributed by atoms with Crippen LogP contribution < -0.4 is 0 Å². The number of imidazole rings is 1. The molecule has 0 spiro atoms. The minimum absolute atomic E-state index is 0.195. The molecule has 1 atom stereocenters. The van der Waals surface area contributed by atoms with E-state index in [-0.39, 0.29) is 5.15 Å². The van der Waals surface area contributed by atoms with Crippen LogP contribution in [0.15, 0.2) is 28.7 Å². The summed E-state index contributed by atoms with van der Waals surface area (Å²) in [6.07, 6.45) is -0.849. The molecule has 0 amide bonds. The molecule has 0 aliphatic heterocycles. The van der Waals surface area contributed by atoms with Gasteiger partial charge < -0.3 is 9.67 Å². The van der Waals surface area contributed by atoms with Gasteiger partial charge in [0.05, 0.1) is 0 Å². The molecule has 0 radical (unpaired) electrons. The Kier molecular flexibility index (Phi) is 3.78. The van der Waals surface area contributed by atoms with E-state index in [4.69, 9.17) is 23.2 Å². The van der Waals surface area contributed by atoms with Crippen LogP contribution in [-0.4, -0.2) is 14.7 Å². The number of aliphatic hydroxyl groups excluding tert-OH is 1. The average Bonchev–Trinajstić information content (AvgIpc) is 2.57. The second-order valence-corrected chi connectivity index (χ2v) is 5.20. The largest absolute Gasteiger partial charge is 0.380 e. The third-order valence-electron chi connectivity index (χ3n) is 2.45. The molecule has 0 aliphatic rings. The maximum atomic E-state index is 10.2. The monoisotopic (exact) mass is 334 g/mol. The number of rotatable bonds is 2. The highest BCUT2D eigenvalue weighted by Gasteiger charge is 2.19. The maximum absolute atomic E-state index is 10.2. The number of hydrogen-bond donors (Lipinski definition) is 1. The van der Waals surface area contributed by atoms with Crippen LogP contribution >= 0.6 is 39.1 Å². The van der Waals surface area contributed by atoms with E-state index in [2.05, 4.69) is 20.9 Å². The highest BCUT2D eigenvalue weighted by molar-refractivity contribution is 9.10. The van der Waals surface area contributed by atoms with E-state index in [0.717, 1.165) is 10.0 Å². The van der Waals surface area contributed by atoms with Gasteiger partial charge in [-0.15, -0.1) is 0 Å². The van der Waals surface area contributed by atoms with E-state index < -0.39 is 6.10 Å². The molecule has 0 saturated heterocycles. The first-order valence-corrected chi connectivity index (χ1v) is 6.36. The summed E-state index contributed by atoms with van der Waals surface area (Å²) in [6, 6.07) is 7.33. The van der Waals surface area contributed by atoms with E-state index in [1.807, 2.05) is 24.3 Å². The zero-order chi connectivity index (χ0) is 12.6. The van der Waals surface area contributed by atoms with Crippen LogP contribution in [0.3, 0.4) is 0 Å². The second-order valence-electron chi connectivity index (χ2n) is 3.56. The Morgan fingerprint density at radius 1 is 1.29 bits per heavy atom. The van der Waals surface area contributed by atoms with Gasteiger partial charge in [-0.25, -0.2) is 4.98 Å². The molecule has 90 valence electrons. The SMILES string of the molecule is Cn1c([C@@H](O)c2ccc(Br)cc2)nc(Cl)c1Cl. The molecule has 0 fully saturated rings. The van der Waals surface area contributed by atoms with E-state index in [0.29, 0.717) is 11.0 Å². The molecule has 1 heterocycles. The van der Waals surface area contributed by atoms with Crippen LogP contribution in [0.2, 0.25) is 10.3 Å². The lowest BCUT2D eigenvalue weighted by Gasteiger charge is -2.11. The summed E-state index contributed by atoms with van der Waals surface area (Å²) >= 11 is 15.1. The number of halogens is 3. The number of aromatic nitrogens is 2. The molecule has 2 aromatic rings. The quantitative estimate of drug-likeness (QED) is 0.911. The lowest BCUT2D eigenvalue weighted by molar-refractivity contribution is 0.206.